The number of nitrogens with zero attached hydrogens (tertiary/aromatic N) is 4. The summed E-state index contributed by atoms with van der Waals surface area (Å²) in [6, 6.07) is 13.4. The minimum absolute atomic E-state index is 0.103. The molecular weight excluding hydrogens is 447 g/mol. The number of carbonyl (C=O) groups excluding carboxylic acids is 1. The molecule has 0 saturated heterocycles. The molecular formula is C24H20F3N5O2. The van der Waals surface area contributed by atoms with Crippen molar-refractivity contribution in [3.8, 4) is 11.8 Å². The van der Waals surface area contributed by atoms with E-state index in [9.17, 15) is 23.2 Å². The van der Waals surface area contributed by atoms with Gasteiger partial charge in [-0.05, 0) is 56.2 Å². The topological polar surface area (TPSA) is 92.3 Å². The first-order valence-corrected chi connectivity index (χ1v) is 10.4. The van der Waals surface area contributed by atoms with Crippen LogP contribution in [0.1, 0.15) is 28.9 Å². The van der Waals surface area contributed by atoms with Crippen LogP contribution in [0, 0.1) is 25.2 Å². The molecule has 1 amide bonds. The molecule has 4 rings (SSSR count). The number of amides is 1. The molecule has 174 valence electrons. The van der Waals surface area contributed by atoms with Gasteiger partial charge in [-0.1, -0.05) is 12.1 Å². The Labute approximate surface area is 192 Å². The number of aryl methyl sites for hydroxylation is 2. The van der Waals surface area contributed by atoms with Gasteiger partial charge in [0.05, 0.1) is 11.1 Å². The molecule has 0 aliphatic carbocycles. The monoisotopic (exact) mass is 467 g/mol. The van der Waals surface area contributed by atoms with Crippen LogP contribution in [-0.4, -0.2) is 33.3 Å². The van der Waals surface area contributed by atoms with E-state index in [1.807, 2.05) is 38.1 Å². The van der Waals surface area contributed by atoms with Crippen LogP contribution in [0.5, 0.6) is 5.75 Å². The lowest BCUT2D eigenvalue weighted by Crippen LogP contribution is -2.19. The lowest BCUT2D eigenvalue weighted by molar-refractivity contribution is -0.153. The number of fused-ring (bicyclic) bond motifs is 3. The van der Waals surface area contributed by atoms with E-state index < -0.39 is 12.8 Å². The highest BCUT2D eigenvalue weighted by Gasteiger charge is 2.29. The summed E-state index contributed by atoms with van der Waals surface area (Å²) in [7, 11) is 0. The quantitative estimate of drug-likeness (QED) is 0.436. The van der Waals surface area contributed by atoms with Crippen LogP contribution in [-0.2, 0) is 11.2 Å². The minimum atomic E-state index is -4.52. The molecule has 34 heavy (non-hydrogen) atoms. The summed E-state index contributed by atoms with van der Waals surface area (Å²) >= 11 is 0. The van der Waals surface area contributed by atoms with Crippen molar-refractivity contribution in [2.45, 2.75) is 32.9 Å². The standard InChI is InChI=1S/C24H20F3N5O2/c1-14-18(15(2)32-23(29-14)19-5-3-4-6-20(19)31-32)8-10-22(33)30-17-7-9-21(16(11-17)12-28)34-13-24(25,26)27/h3-7,9,11H,8,10,13H2,1-2H3,(H,30,33). The lowest BCUT2D eigenvalue weighted by Gasteiger charge is -2.13. The third-order valence-electron chi connectivity index (χ3n) is 5.40. The highest BCUT2D eigenvalue weighted by atomic mass is 19.4. The number of rotatable bonds is 6. The molecule has 2 aromatic heterocycles. The summed E-state index contributed by atoms with van der Waals surface area (Å²) in [6.07, 6.45) is -3.96. The van der Waals surface area contributed by atoms with Crippen LogP contribution in [0.25, 0.3) is 16.6 Å². The van der Waals surface area contributed by atoms with E-state index in [0.717, 1.165) is 33.5 Å². The van der Waals surface area contributed by atoms with Crippen molar-refractivity contribution in [2.24, 2.45) is 0 Å². The van der Waals surface area contributed by atoms with Gasteiger partial charge in [0.15, 0.2) is 12.3 Å². The Balaban J connectivity index is 1.47. The Kier molecular flexibility index (Phi) is 6.11. The summed E-state index contributed by atoms with van der Waals surface area (Å²) in [4.78, 5) is 17.2. The maximum atomic E-state index is 12.5. The van der Waals surface area contributed by atoms with Gasteiger partial charge in [-0.2, -0.15) is 23.5 Å². The van der Waals surface area contributed by atoms with E-state index in [4.69, 9.17) is 4.98 Å². The SMILES string of the molecule is Cc1nc2c3ccccc3nn2c(C)c1CCC(=O)Nc1ccc(OCC(F)(F)F)c(C#N)c1. The van der Waals surface area contributed by atoms with Gasteiger partial charge >= 0.3 is 6.18 Å². The van der Waals surface area contributed by atoms with E-state index in [1.165, 1.54) is 18.2 Å². The van der Waals surface area contributed by atoms with Crippen LogP contribution in [0.2, 0.25) is 0 Å². The number of nitrogens with one attached hydrogen (secondary N) is 1. The summed E-state index contributed by atoms with van der Waals surface area (Å²) in [6.45, 7) is 2.32. The van der Waals surface area contributed by atoms with Crippen molar-refractivity contribution in [1.29, 1.82) is 5.26 Å². The molecule has 0 saturated carbocycles. The number of halogens is 3. The summed E-state index contributed by atoms with van der Waals surface area (Å²) < 4.78 is 43.6. The molecule has 7 nitrogen and oxygen atoms in total. The molecule has 4 aromatic rings. The third-order valence-corrected chi connectivity index (χ3v) is 5.40. The van der Waals surface area contributed by atoms with E-state index in [1.54, 1.807) is 10.6 Å². The number of aromatic nitrogens is 3. The minimum Gasteiger partial charge on any atom is -0.483 e. The van der Waals surface area contributed by atoms with Gasteiger partial charge in [0.2, 0.25) is 5.91 Å². The fourth-order valence-corrected chi connectivity index (χ4v) is 3.78. The molecule has 1 N–H and O–H groups in total. The van der Waals surface area contributed by atoms with Gasteiger partial charge in [0.25, 0.3) is 0 Å². The molecule has 2 aromatic carbocycles. The second-order valence-corrected chi connectivity index (χ2v) is 7.79. The molecule has 0 aliphatic heterocycles. The Morgan fingerprint density at radius 1 is 1.21 bits per heavy atom. The van der Waals surface area contributed by atoms with Crippen LogP contribution in [0.4, 0.5) is 18.9 Å². The zero-order valence-electron chi connectivity index (χ0n) is 18.4. The van der Waals surface area contributed by atoms with Gasteiger partial charge in [-0.15, -0.1) is 0 Å². The van der Waals surface area contributed by atoms with Crippen molar-refractivity contribution >= 4 is 28.1 Å². The van der Waals surface area contributed by atoms with E-state index in [-0.39, 0.29) is 23.6 Å². The van der Waals surface area contributed by atoms with Gasteiger partial charge < -0.3 is 10.1 Å². The highest BCUT2D eigenvalue weighted by Crippen LogP contribution is 2.26. The largest absolute Gasteiger partial charge is 0.483 e. The molecule has 0 bridgehead atoms. The summed E-state index contributed by atoms with van der Waals surface area (Å²) in [5.41, 5.74) is 4.39. The van der Waals surface area contributed by atoms with Crippen molar-refractivity contribution in [2.75, 3.05) is 11.9 Å². The first-order chi connectivity index (χ1) is 16.2. The number of alkyl halides is 3. The number of carbonyl (C=O) groups is 1. The number of anilines is 1. The van der Waals surface area contributed by atoms with Crippen molar-refractivity contribution in [1.82, 2.24) is 14.6 Å². The highest BCUT2D eigenvalue weighted by molar-refractivity contribution is 5.92. The summed E-state index contributed by atoms with van der Waals surface area (Å²) in [5.74, 6) is -0.507. The fraction of sp³-hybridized carbons (Fsp3) is 0.250. The van der Waals surface area contributed by atoms with Gasteiger partial charge in [-0.3, -0.25) is 4.79 Å². The number of hydrogen-bond acceptors (Lipinski definition) is 5. The van der Waals surface area contributed by atoms with Gasteiger partial charge in [0, 0.05) is 28.9 Å². The fourth-order valence-electron chi connectivity index (χ4n) is 3.78. The van der Waals surface area contributed by atoms with E-state index in [0.29, 0.717) is 12.1 Å². The van der Waals surface area contributed by atoms with E-state index >= 15 is 0 Å². The van der Waals surface area contributed by atoms with Crippen LogP contribution < -0.4 is 10.1 Å². The zero-order valence-corrected chi connectivity index (χ0v) is 18.4. The Morgan fingerprint density at radius 2 is 1.97 bits per heavy atom. The predicted molar refractivity (Wildman–Crippen MR) is 120 cm³/mol. The Morgan fingerprint density at radius 3 is 2.71 bits per heavy atom. The third kappa shape index (κ3) is 4.78. The molecule has 2 heterocycles. The van der Waals surface area contributed by atoms with Crippen LogP contribution >= 0.6 is 0 Å². The number of nitriles is 1. The first kappa shape index (κ1) is 23.0. The van der Waals surface area contributed by atoms with Crippen LogP contribution in [0.3, 0.4) is 0 Å². The van der Waals surface area contributed by atoms with Crippen molar-refractivity contribution < 1.29 is 22.7 Å². The second-order valence-electron chi connectivity index (χ2n) is 7.79. The molecule has 0 unspecified atom stereocenters. The molecule has 0 radical (unpaired) electrons. The molecule has 10 heteroatoms. The maximum absolute atomic E-state index is 12.5. The van der Waals surface area contributed by atoms with E-state index in [2.05, 4.69) is 15.2 Å². The summed E-state index contributed by atoms with van der Waals surface area (Å²) in [5, 5.41) is 17.5. The maximum Gasteiger partial charge on any atom is 0.422 e. The first-order valence-electron chi connectivity index (χ1n) is 10.4. The Bertz CT molecular complexity index is 1440. The van der Waals surface area contributed by atoms with Crippen molar-refractivity contribution in [3.05, 3.63) is 65.0 Å². The van der Waals surface area contributed by atoms with Crippen LogP contribution in [0.15, 0.2) is 42.5 Å². The number of benzene rings is 2. The van der Waals surface area contributed by atoms with Crippen molar-refractivity contribution in [3.63, 3.8) is 0 Å². The Hall–Kier alpha value is -4.13. The average molecular weight is 467 g/mol. The molecule has 0 aliphatic rings. The lowest BCUT2D eigenvalue weighted by atomic mass is 10.1. The number of hydrogen-bond donors (Lipinski definition) is 1. The smallest absolute Gasteiger partial charge is 0.422 e. The zero-order chi connectivity index (χ0) is 24.5. The predicted octanol–water partition coefficient (Wildman–Crippen LogP) is 4.88. The van der Waals surface area contributed by atoms with Gasteiger partial charge in [0.1, 0.15) is 11.8 Å². The molecule has 0 atom stereocenters. The number of ether oxygens (including phenoxy) is 1. The molecule has 0 spiro atoms. The second kappa shape index (κ2) is 9.02. The molecule has 0 fully saturated rings. The average Bonchev–Trinajstić information content (AvgIpc) is 3.16. The van der Waals surface area contributed by atoms with Gasteiger partial charge in [-0.25, -0.2) is 9.50 Å². The normalized spacial score (nSPS) is 11.5.